The van der Waals surface area contributed by atoms with Gasteiger partial charge < -0.3 is 10.5 Å². The molecular formula is C16H12F3NO. The fourth-order valence-corrected chi connectivity index (χ4v) is 1.68. The molecule has 0 radical (unpaired) electrons. The molecule has 108 valence electrons. The third-order valence-electron chi connectivity index (χ3n) is 2.68. The summed E-state index contributed by atoms with van der Waals surface area (Å²) in [7, 11) is 0. The van der Waals surface area contributed by atoms with Crippen LogP contribution in [0.5, 0.6) is 5.75 Å². The van der Waals surface area contributed by atoms with Gasteiger partial charge in [0.25, 0.3) is 0 Å². The summed E-state index contributed by atoms with van der Waals surface area (Å²) >= 11 is 0. The van der Waals surface area contributed by atoms with Gasteiger partial charge in [-0.05, 0) is 18.2 Å². The summed E-state index contributed by atoms with van der Waals surface area (Å²) < 4.78 is 45.2. The second kappa shape index (κ2) is 6.82. The summed E-state index contributed by atoms with van der Waals surface area (Å²) in [6.45, 7) is -0.0836. The summed E-state index contributed by atoms with van der Waals surface area (Å²) in [6, 6.07) is 7.59. The zero-order valence-corrected chi connectivity index (χ0v) is 11.0. The maximum atomic E-state index is 13.5. The molecule has 0 unspecified atom stereocenters. The lowest BCUT2D eigenvalue weighted by Crippen LogP contribution is -2.02. The van der Waals surface area contributed by atoms with Crippen LogP contribution in [0.2, 0.25) is 0 Å². The molecule has 2 nitrogen and oxygen atoms in total. The molecule has 0 amide bonds. The topological polar surface area (TPSA) is 35.2 Å². The second-order valence-electron chi connectivity index (χ2n) is 4.15. The van der Waals surface area contributed by atoms with Crippen molar-refractivity contribution in [3.8, 4) is 17.6 Å². The van der Waals surface area contributed by atoms with Crippen molar-refractivity contribution in [2.75, 3.05) is 6.54 Å². The fourth-order valence-electron chi connectivity index (χ4n) is 1.68. The van der Waals surface area contributed by atoms with E-state index < -0.39 is 17.5 Å². The van der Waals surface area contributed by atoms with Gasteiger partial charge in [-0.2, -0.15) is 0 Å². The maximum absolute atomic E-state index is 13.5. The van der Waals surface area contributed by atoms with E-state index in [1.807, 2.05) is 0 Å². The minimum Gasteiger partial charge on any atom is -0.487 e. The first-order valence-electron chi connectivity index (χ1n) is 6.16. The molecule has 0 saturated heterocycles. The number of rotatable bonds is 3. The van der Waals surface area contributed by atoms with Crippen LogP contribution in [0.1, 0.15) is 11.1 Å². The van der Waals surface area contributed by atoms with E-state index in [1.54, 1.807) is 0 Å². The Balaban J connectivity index is 2.23. The highest BCUT2D eigenvalue weighted by Gasteiger charge is 2.10. The zero-order chi connectivity index (χ0) is 15.2. The third-order valence-corrected chi connectivity index (χ3v) is 2.68. The van der Waals surface area contributed by atoms with E-state index in [0.717, 1.165) is 12.1 Å². The average Bonchev–Trinajstić information content (AvgIpc) is 2.48. The van der Waals surface area contributed by atoms with Crippen molar-refractivity contribution in [2.45, 2.75) is 6.61 Å². The highest BCUT2D eigenvalue weighted by molar-refractivity contribution is 5.46. The number of benzene rings is 2. The van der Waals surface area contributed by atoms with Gasteiger partial charge >= 0.3 is 0 Å². The predicted molar refractivity (Wildman–Crippen MR) is 73.0 cm³/mol. The van der Waals surface area contributed by atoms with Crippen LogP contribution in [0.15, 0.2) is 36.4 Å². The average molecular weight is 291 g/mol. The van der Waals surface area contributed by atoms with Crippen LogP contribution in [0.25, 0.3) is 0 Å². The van der Waals surface area contributed by atoms with Crippen molar-refractivity contribution in [3.63, 3.8) is 0 Å². The zero-order valence-electron chi connectivity index (χ0n) is 11.0. The number of hydrogen-bond acceptors (Lipinski definition) is 2. The molecule has 0 aliphatic rings. The summed E-state index contributed by atoms with van der Waals surface area (Å²) in [5, 5.41) is 0. The van der Waals surface area contributed by atoms with Crippen LogP contribution in [0.4, 0.5) is 13.2 Å². The van der Waals surface area contributed by atoms with E-state index in [-0.39, 0.29) is 24.5 Å². The Labute approximate surface area is 120 Å². The molecule has 0 fully saturated rings. The van der Waals surface area contributed by atoms with Crippen molar-refractivity contribution in [2.24, 2.45) is 5.73 Å². The molecule has 0 aliphatic carbocycles. The minimum absolute atomic E-state index is 0.0389. The highest BCUT2D eigenvalue weighted by Crippen LogP contribution is 2.21. The molecule has 2 N–H and O–H groups in total. The summed E-state index contributed by atoms with van der Waals surface area (Å²) in [6.07, 6.45) is 0. The quantitative estimate of drug-likeness (QED) is 0.882. The van der Waals surface area contributed by atoms with Gasteiger partial charge in [0.1, 0.15) is 18.2 Å². The smallest absolute Gasteiger partial charge is 0.165 e. The lowest BCUT2D eigenvalue weighted by atomic mass is 10.2. The molecule has 2 rings (SSSR count). The van der Waals surface area contributed by atoms with E-state index in [4.69, 9.17) is 10.5 Å². The van der Waals surface area contributed by atoms with Crippen molar-refractivity contribution in [3.05, 3.63) is 65.0 Å². The first kappa shape index (κ1) is 14.9. The molecule has 0 saturated carbocycles. The molecule has 0 bridgehead atoms. The Hall–Kier alpha value is -2.45. The Morgan fingerprint density at radius 2 is 1.90 bits per heavy atom. The first-order valence-corrected chi connectivity index (χ1v) is 6.16. The molecular weight excluding hydrogens is 279 g/mol. The van der Waals surface area contributed by atoms with E-state index >= 15 is 0 Å². The van der Waals surface area contributed by atoms with Crippen LogP contribution in [0.3, 0.4) is 0 Å². The summed E-state index contributed by atoms with van der Waals surface area (Å²) in [5.74, 6) is 3.05. The third kappa shape index (κ3) is 3.77. The SMILES string of the molecule is NCC#Cc1ccc(F)cc1OCc1cccc(F)c1F. The molecule has 0 heterocycles. The van der Waals surface area contributed by atoms with Gasteiger partial charge in [-0.1, -0.05) is 24.0 Å². The van der Waals surface area contributed by atoms with Crippen molar-refractivity contribution >= 4 is 0 Å². The number of halogens is 3. The summed E-state index contributed by atoms with van der Waals surface area (Å²) in [4.78, 5) is 0. The largest absolute Gasteiger partial charge is 0.487 e. The van der Waals surface area contributed by atoms with Crippen molar-refractivity contribution in [1.82, 2.24) is 0 Å². The van der Waals surface area contributed by atoms with Gasteiger partial charge in [-0.3, -0.25) is 0 Å². The van der Waals surface area contributed by atoms with Gasteiger partial charge in [0.15, 0.2) is 11.6 Å². The van der Waals surface area contributed by atoms with E-state index in [2.05, 4.69) is 11.8 Å². The molecule has 2 aromatic carbocycles. The molecule has 0 atom stereocenters. The Bertz CT molecular complexity index is 704. The molecule has 0 aromatic heterocycles. The normalized spacial score (nSPS) is 9.90. The van der Waals surface area contributed by atoms with Gasteiger partial charge in [-0.25, -0.2) is 13.2 Å². The number of nitrogens with two attached hydrogens (primary N) is 1. The van der Waals surface area contributed by atoms with Gasteiger partial charge in [-0.15, -0.1) is 0 Å². The van der Waals surface area contributed by atoms with Gasteiger partial charge in [0.2, 0.25) is 0 Å². The van der Waals surface area contributed by atoms with Crippen LogP contribution < -0.4 is 10.5 Å². The maximum Gasteiger partial charge on any atom is 0.165 e. The molecule has 21 heavy (non-hydrogen) atoms. The standard InChI is InChI=1S/C16H12F3NO/c17-13-7-6-11(4-2-8-20)15(9-13)21-10-12-3-1-5-14(18)16(12)19/h1,3,5-7,9H,8,10,20H2. The minimum atomic E-state index is -0.983. The molecule has 5 heteroatoms. The van der Waals surface area contributed by atoms with Gasteiger partial charge in [0.05, 0.1) is 12.1 Å². The highest BCUT2D eigenvalue weighted by atomic mass is 19.2. The Morgan fingerprint density at radius 3 is 2.67 bits per heavy atom. The monoisotopic (exact) mass is 291 g/mol. The van der Waals surface area contributed by atoms with E-state index in [0.29, 0.717) is 5.56 Å². The summed E-state index contributed by atoms with van der Waals surface area (Å²) in [5.41, 5.74) is 5.75. The lowest BCUT2D eigenvalue weighted by molar-refractivity contribution is 0.295. The van der Waals surface area contributed by atoms with Crippen LogP contribution >= 0.6 is 0 Å². The van der Waals surface area contributed by atoms with Crippen molar-refractivity contribution < 1.29 is 17.9 Å². The van der Waals surface area contributed by atoms with E-state index in [9.17, 15) is 13.2 Å². The van der Waals surface area contributed by atoms with Crippen molar-refractivity contribution in [1.29, 1.82) is 0 Å². The van der Waals surface area contributed by atoms with Gasteiger partial charge in [0, 0.05) is 11.6 Å². The molecule has 0 spiro atoms. The second-order valence-corrected chi connectivity index (χ2v) is 4.15. The Kier molecular flexibility index (Phi) is 4.85. The predicted octanol–water partition coefficient (Wildman–Crippen LogP) is 2.99. The Morgan fingerprint density at radius 1 is 1.10 bits per heavy atom. The van der Waals surface area contributed by atoms with Crippen LogP contribution in [-0.4, -0.2) is 6.54 Å². The molecule has 2 aromatic rings. The fraction of sp³-hybridized carbons (Fsp3) is 0.125. The van der Waals surface area contributed by atoms with Crippen LogP contribution in [-0.2, 0) is 6.61 Å². The number of ether oxygens (including phenoxy) is 1. The number of hydrogen-bond donors (Lipinski definition) is 1. The van der Waals surface area contributed by atoms with E-state index in [1.165, 1.54) is 24.3 Å². The first-order chi connectivity index (χ1) is 10.1. The molecule has 0 aliphatic heterocycles. The lowest BCUT2D eigenvalue weighted by Gasteiger charge is -2.09. The van der Waals surface area contributed by atoms with Crippen LogP contribution in [0, 0.1) is 29.3 Å².